The lowest BCUT2D eigenvalue weighted by Crippen LogP contribution is -1.97. The molecule has 0 fully saturated rings. The highest BCUT2D eigenvalue weighted by molar-refractivity contribution is 7.99. The number of benzene rings is 1. The van der Waals surface area contributed by atoms with Crippen molar-refractivity contribution in [2.24, 2.45) is 0 Å². The molecule has 3 nitrogen and oxygen atoms in total. The van der Waals surface area contributed by atoms with E-state index in [2.05, 4.69) is 57.9 Å². The number of aryl methyl sites for hydroxylation is 1. The van der Waals surface area contributed by atoms with Crippen LogP contribution in [-0.2, 0) is 0 Å². The number of rotatable bonds is 3. The van der Waals surface area contributed by atoms with Gasteiger partial charge in [-0.15, -0.1) is 11.3 Å². The molecule has 0 aliphatic heterocycles. The van der Waals surface area contributed by atoms with E-state index >= 15 is 0 Å². The molecule has 0 spiro atoms. The third kappa shape index (κ3) is 2.43. The fourth-order valence-electron chi connectivity index (χ4n) is 1.79. The molecule has 0 atom stereocenters. The maximum Gasteiger partial charge on any atom is 0.224 e. The molecule has 19 heavy (non-hydrogen) atoms. The van der Waals surface area contributed by atoms with Crippen LogP contribution in [0.2, 0.25) is 0 Å². The third-order valence-electron chi connectivity index (χ3n) is 2.81. The molecule has 0 amide bonds. The molecule has 1 N–H and O–H groups in total. The maximum absolute atomic E-state index is 4.58. The lowest BCUT2D eigenvalue weighted by molar-refractivity contribution is 1.10. The third-order valence-corrected chi connectivity index (χ3v) is 4.80. The zero-order valence-corrected chi connectivity index (χ0v) is 12.3. The number of hydrogen-bond donors (Lipinski definition) is 1. The van der Waals surface area contributed by atoms with Gasteiger partial charge in [-0.25, -0.2) is 9.97 Å². The average molecular weight is 287 g/mol. The van der Waals surface area contributed by atoms with Gasteiger partial charge >= 0.3 is 0 Å². The van der Waals surface area contributed by atoms with E-state index < -0.39 is 0 Å². The first-order valence-electron chi connectivity index (χ1n) is 5.94. The van der Waals surface area contributed by atoms with Crippen molar-refractivity contribution < 1.29 is 0 Å². The van der Waals surface area contributed by atoms with Crippen molar-refractivity contribution in [2.75, 3.05) is 12.4 Å². The van der Waals surface area contributed by atoms with Crippen molar-refractivity contribution in [2.45, 2.75) is 16.8 Å². The molecule has 2 aromatic heterocycles. The van der Waals surface area contributed by atoms with Crippen LogP contribution in [0.5, 0.6) is 0 Å². The summed E-state index contributed by atoms with van der Waals surface area (Å²) in [6.07, 6.45) is 0. The molecule has 3 rings (SSSR count). The van der Waals surface area contributed by atoms with Crippen LogP contribution in [0.4, 0.5) is 5.95 Å². The summed E-state index contributed by atoms with van der Waals surface area (Å²) in [6.45, 7) is 2.12. The summed E-state index contributed by atoms with van der Waals surface area (Å²) in [5.74, 6) is 0.672. The quantitative estimate of drug-likeness (QED) is 0.733. The van der Waals surface area contributed by atoms with Crippen LogP contribution in [0, 0.1) is 6.92 Å². The van der Waals surface area contributed by atoms with E-state index in [-0.39, 0.29) is 0 Å². The molecule has 0 aliphatic carbocycles. The monoisotopic (exact) mass is 287 g/mol. The normalized spacial score (nSPS) is 10.8. The number of fused-ring (bicyclic) bond motifs is 1. The lowest BCUT2D eigenvalue weighted by atomic mass is 10.2. The lowest BCUT2D eigenvalue weighted by Gasteiger charge is -2.07. The number of nitrogens with zero attached hydrogens (tertiary/aromatic N) is 2. The molecule has 5 heteroatoms. The fourth-order valence-corrected chi connectivity index (χ4v) is 3.61. The Balaban J connectivity index is 2.09. The second kappa shape index (κ2) is 5.19. The molecule has 0 aliphatic rings. The number of anilines is 1. The van der Waals surface area contributed by atoms with Crippen molar-refractivity contribution in [3.8, 4) is 0 Å². The van der Waals surface area contributed by atoms with Crippen LogP contribution < -0.4 is 5.32 Å². The van der Waals surface area contributed by atoms with Crippen molar-refractivity contribution in [3.05, 3.63) is 41.3 Å². The zero-order valence-electron chi connectivity index (χ0n) is 10.7. The van der Waals surface area contributed by atoms with Gasteiger partial charge in [0.25, 0.3) is 0 Å². The summed E-state index contributed by atoms with van der Waals surface area (Å²) >= 11 is 3.33. The molecule has 1 aromatic carbocycles. The predicted octanol–water partition coefficient (Wildman–Crippen LogP) is 4.19. The SMILES string of the molecule is CNc1nc(Sc2ccccc2C)c2ccsc2n1. The van der Waals surface area contributed by atoms with Gasteiger partial charge in [-0.1, -0.05) is 30.0 Å². The van der Waals surface area contributed by atoms with Crippen LogP contribution in [0.25, 0.3) is 10.2 Å². The largest absolute Gasteiger partial charge is 0.357 e. The molecular weight excluding hydrogens is 274 g/mol. The highest BCUT2D eigenvalue weighted by atomic mass is 32.2. The summed E-state index contributed by atoms with van der Waals surface area (Å²) in [6, 6.07) is 10.4. The maximum atomic E-state index is 4.58. The molecule has 0 saturated carbocycles. The standard InChI is InChI=1S/C14H13N3S2/c1-9-5-3-4-6-11(9)19-13-10-7-8-18-12(10)16-14(15-2)17-13/h3-8H,1-2H3,(H,15,16,17). The van der Waals surface area contributed by atoms with Gasteiger partial charge in [0.1, 0.15) is 9.86 Å². The molecule has 2 heterocycles. The van der Waals surface area contributed by atoms with Gasteiger partial charge in [0, 0.05) is 17.3 Å². The van der Waals surface area contributed by atoms with Crippen molar-refractivity contribution >= 4 is 39.3 Å². The molecule has 96 valence electrons. The highest BCUT2D eigenvalue weighted by Crippen LogP contribution is 2.35. The number of aromatic nitrogens is 2. The zero-order chi connectivity index (χ0) is 13.2. The Kier molecular flexibility index (Phi) is 3.40. The van der Waals surface area contributed by atoms with Crippen molar-refractivity contribution in [1.29, 1.82) is 0 Å². The minimum absolute atomic E-state index is 0.672. The summed E-state index contributed by atoms with van der Waals surface area (Å²) in [5, 5.41) is 7.20. The van der Waals surface area contributed by atoms with E-state index in [4.69, 9.17) is 0 Å². The Morgan fingerprint density at radius 2 is 2.00 bits per heavy atom. The average Bonchev–Trinajstić information content (AvgIpc) is 2.89. The first-order chi connectivity index (χ1) is 9.28. The van der Waals surface area contributed by atoms with Gasteiger partial charge < -0.3 is 5.32 Å². The van der Waals surface area contributed by atoms with Gasteiger partial charge in [-0.05, 0) is 30.0 Å². The summed E-state index contributed by atoms with van der Waals surface area (Å²) in [4.78, 5) is 11.3. The topological polar surface area (TPSA) is 37.8 Å². The first-order valence-corrected chi connectivity index (χ1v) is 7.64. The molecule has 0 bridgehead atoms. The molecule has 0 unspecified atom stereocenters. The minimum Gasteiger partial charge on any atom is -0.357 e. The van der Waals surface area contributed by atoms with Crippen molar-refractivity contribution in [3.63, 3.8) is 0 Å². The van der Waals surface area contributed by atoms with Crippen LogP contribution in [0.3, 0.4) is 0 Å². The smallest absolute Gasteiger partial charge is 0.224 e. The van der Waals surface area contributed by atoms with E-state index in [1.165, 1.54) is 10.5 Å². The fraction of sp³-hybridized carbons (Fsp3) is 0.143. The molecule has 3 aromatic rings. The van der Waals surface area contributed by atoms with Gasteiger partial charge in [0.15, 0.2) is 0 Å². The number of thiophene rings is 1. The van der Waals surface area contributed by atoms with Crippen LogP contribution in [0.1, 0.15) is 5.56 Å². The Hall–Kier alpha value is -1.59. The summed E-state index contributed by atoms with van der Waals surface area (Å²) in [7, 11) is 1.84. The highest BCUT2D eigenvalue weighted by Gasteiger charge is 2.10. The van der Waals surface area contributed by atoms with Crippen LogP contribution in [0.15, 0.2) is 45.6 Å². The molecule has 0 radical (unpaired) electrons. The number of hydrogen-bond acceptors (Lipinski definition) is 5. The van der Waals surface area contributed by atoms with E-state index in [0.717, 1.165) is 15.2 Å². The summed E-state index contributed by atoms with van der Waals surface area (Å²) in [5.41, 5.74) is 1.26. The van der Waals surface area contributed by atoms with Crippen LogP contribution in [-0.4, -0.2) is 17.0 Å². The molecular formula is C14H13N3S2. The minimum atomic E-state index is 0.672. The van der Waals surface area contributed by atoms with Gasteiger partial charge in [-0.3, -0.25) is 0 Å². The second-order valence-electron chi connectivity index (χ2n) is 4.11. The van der Waals surface area contributed by atoms with E-state index in [1.54, 1.807) is 23.1 Å². The van der Waals surface area contributed by atoms with E-state index in [9.17, 15) is 0 Å². The Labute approximate surface area is 120 Å². The van der Waals surface area contributed by atoms with Gasteiger partial charge in [0.2, 0.25) is 5.95 Å². The van der Waals surface area contributed by atoms with Gasteiger partial charge in [-0.2, -0.15) is 0 Å². The van der Waals surface area contributed by atoms with Crippen molar-refractivity contribution in [1.82, 2.24) is 9.97 Å². The van der Waals surface area contributed by atoms with E-state index in [1.807, 2.05) is 7.05 Å². The summed E-state index contributed by atoms with van der Waals surface area (Å²) < 4.78 is 0. The molecule has 0 saturated heterocycles. The number of nitrogens with one attached hydrogen (secondary N) is 1. The second-order valence-corrected chi connectivity index (χ2v) is 6.03. The Morgan fingerprint density at radius 1 is 1.16 bits per heavy atom. The van der Waals surface area contributed by atoms with Crippen LogP contribution >= 0.6 is 23.1 Å². The predicted molar refractivity (Wildman–Crippen MR) is 82.3 cm³/mol. The first kappa shape index (κ1) is 12.4. The Morgan fingerprint density at radius 3 is 2.79 bits per heavy atom. The van der Waals surface area contributed by atoms with Gasteiger partial charge in [0.05, 0.1) is 0 Å². The van der Waals surface area contributed by atoms with E-state index in [0.29, 0.717) is 5.95 Å². The Bertz CT molecular complexity index is 722.